The average molecular weight is 315 g/mol. The van der Waals surface area contributed by atoms with Crippen LogP contribution in [0.25, 0.3) is 0 Å². The van der Waals surface area contributed by atoms with Gasteiger partial charge in [-0.15, -0.1) is 0 Å². The van der Waals surface area contributed by atoms with Gasteiger partial charge in [-0.25, -0.2) is 5.43 Å². The highest BCUT2D eigenvalue weighted by Gasteiger charge is 2.04. The van der Waals surface area contributed by atoms with E-state index in [-0.39, 0.29) is 5.91 Å². The van der Waals surface area contributed by atoms with E-state index in [0.717, 1.165) is 24.8 Å². The predicted molar refractivity (Wildman–Crippen MR) is 85.6 cm³/mol. The molecule has 5 heteroatoms. The minimum absolute atomic E-state index is 0.0551. The van der Waals surface area contributed by atoms with Gasteiger partial charge in [-0.3, -0.25) is 4.79 Å². The van der Waals surface area contributed by atoms with Crippen LogP contribution in [0.3, 0.4) is 0 Å². The summed E-state index contributed by atoms with van der Waals surface area (Å²) in [7, 11) is 0. The number of hydrogen-bond acceptors (Lipinski definition) is 2. The van der Waals surface area contributed by atoms with Crippen molar-refractivity contribution < 1.29 is 4.79 Å². The summed E-state index contributed by atoms with van der Waals surface area (Å²) in [4.78, 5) is 11.6. The Morgan fingerprint density at radius 1 is 1.20 bits per heavy atom. The standard InChI is InChI=1S/C15H20Cl2N2O/c1-3-4-5-6-7-15(20)19-18-11(2)12-8-9-13(16)14(17)10-12/h8-10H,3-7H2,1-2H3,(H,19,20). The van der Waals surface area contributed by atoms with E-state index in [1.807, 2.05) is 13.0 Å². The molecular formula is C15H20Cl2N2O. The zero-order chi connectivity index (χ0) is 15.0. The lowest BCUT2D eigenvalue weighted by Crippen LogP contribution is -2.18. The minimum Gasteiger partial charge on any atom is -0.273 e. The van der Waals surface area contributed by atoms with Gasteiger partial charge in [0, 0.05) is 6.42 Å². The third kappa shape index (κ3) is 5.93. The summed E-state index contributed by atoms with van der Waals surface area (Å²) >= 11 is 11.8. The Labute approximate surface area is 130 Å². The molecule has 0 aromatic heterocycles. The van der Waals surface area contributed by atoms with Crippen LogP contribution >= 0.6 is 23.2 Å². The molecule has 0 aliphatic rings. The van der Waals surface area contributed by atoms with Crippen LogP contribution in [0.4, 0.5) is 0 Å². The third-order valence-electron chi connectivity index (χ3n) is 2.94. The highest BCUT2D eigenvalue weighted by molar-refractivity contribution is 6.42. The number of amides is 1. The molecule has 1 aromatic carbocycles. The normalized spacial score (nSPS) is 11.5. The molecule has 0 aliphatic heterocycles. The van der Waals surface area contributed by atoms with Crippen molar-refractivity contribution in [3.05, 3.63) is 33.8 Å². The van der Waals surface area contributed by atoms with Gasteiger partial charge < -0.3 is 0 Å². The second kappa shape index (κ2) is 8.98. The van der Waals surface area contributed by atoms with Gasteiger partial charge in [-0.2, -0.15) is 5.10 Å². The number of halogens is 2. The van der Waals surface area contributed by atoms with Gasteiger partial charge in [-0.1, -0.05) is 55.5 Å². The van der Waals surface area contributed by atoms with Gasteiger partial charge >= 0.3 is 0 Å². The molecule has 0 unspecified atom stereocenters. The molecule has 110 valence electrons. The number of hydrogen-bond donors (Lipinski definition) is 1. The molecule has 0 spiro atoms. The van der Waals surface area contributed by atoms with Crippen molar-refractivity contribution in [2.24, 2.45) is 5.10 Å². The van der Waals surface area contributed by atoms with Crippen LogP contribution in [-0.4, -0.2) is 11.6 Å². The van der Waals surface area contributed by atoms with Gasteiger partial charge in [0.1, 0.15) is 0 Å². The van der Waals surface area contributed by atoms with Crippen LogP contribution in [-0.2, 0) is 4.79 Å². The summed E-state index contributed by atoms with van der Waals surface area (Å²) in [6.45, 7) is 3.96. The SMILES string of the molecule is CCCCCCC(=O)NN=C(C)c1ccc(Cl)c(Cl)c1. The molecule has 0 atom stereocenters. The Hall–Kier alpha value is -1.06. The summed E-state index contributed by atoms with van der Waals surface area (Å²) in [5.74, 6) is -0.0551. The summed E-state index contributed by atoms with van der Waals surface area (Å²) in [6, 6.07) is 5.27. The van der Waals surface area contributed by atoms with E-state index in [0.29, 0.717) is 22.2 Å². The summed E-state index contributed by atoms with van der Waals surface area (Å²) in [5, 5.41) is 5.06. The molecule has 0 bridgehead atoms. The maximum atomic E-state index is 11.6. The van der Waals surface area contributed by atoms with Crippen LogP contribution in [0.15, 0.2) is 23.3 Å². The first-order valence-electron chi connectivity index (χ1n) is 6.83. The van der Waals surface area contributed by atoms with Crippen LogP contribution in [0, 0.1) is 0 Å². The number of carbonyl (C=O) groups excluding carboxylic acids is 1. The largest absolute Gasteiger partial charge is 0.273 e. The quantitative estimate of drug-likeness (QED) is 0.438. The van der Waals surface area contributed by atoms with Crippen LogP contribution < -0.4 is 5.43 Å². The molecule has 0 fully saturated rings. The molecular weight excluding hydrogens is 295 g/mol. The maximum Gasteiger partial charge on any atom is 0.240 e. The lowest BCUT2D eigenvalue weighted by Gasteiger charge is -2.04. The second-order valence-corrected chi connectivity index (χ2v) is 5.49. The Balaban J connectivity index is 2.48. The van der Waals surface area contributed by atoms with E-state index < -0.39 is 0 Å². The fraction of sp³-hybridized carbons (Fsp3) is 0.467. The molecule has 0 heterocycles. The van der Waals surface area contributed by atoms with Gasteiger partial charge in [-0.05, 0) is 31.0 Å². The molecule has 0 saturated heterocycles. The Morgan fingerprint density at radius 2 is 1.95 bits per heavy atom. The van der Waals surface area contributed by atoms with Gasteiger partial charge in [0.2, 0.25) is 5.91 Å². The van der Waals surface area contributed by atoms with Crippen molar-refractivity contribution in [1.29, 1.82) is 0 Å². The van der Waals surface area contributed by atoms with Crippen molar-refractivity contribution >= 4 is 34.8 Å². The van der Waals surface area contributed by atoms with Crippen molar-refractivity contribution in [2.75, 3.05) is 0 Å². The molecule has 0 aliphatic carbocycles. The van der Waals surface area contributed by atoms with E-state index in [9.17, 15) is 4.79 Å². The first-order valence-corrected chi connectivity index (χ1v) is 7.58. The third-order valence-corrected chi connectivity index (χ3v) is 3.68. The highest BCUT2D eigenvalue weighted by atomic mass is 35.5. The number of benzene rings is 1. The number of unbranched alkanes of at least 4 members (excludes halogenated alkanes) is 3. The van der Waals surface area contributed by atoms with E-state index in [1.165, 1.54) is 6.42 Å². The molecule has 1 N–H and O–H groups in total. The molecule has 0 radical (unpaired) electrons. The maximum absolute atomic E-state index is 11.6. The summed E-state index contributed by atoms with van der Waals surface area (Å²) < 4.78 is 0. The lowest BCUT2D eigenvalue weighted by molar-refractivity contribution is -0.121. The van der Waals surface area contributed by atoms with E-state index in [2.05, 4.69) is 17.5 Å². The number of nitrogens with one attached hydrogen (secondary N) is 1. The van der Waals surface area contributed by atoms with E-state index in [1.54, 1.807) is 12.1 Å². The zero-order valence-electron chi connectivity index (χ0n) is 11.9. The van der Waals surface area contributed by atoms with Gasteiger partial charge in [0.25, 0.3) is 0 Å². The minimum atomic E-state index is -0.0551. The Bertz CT molecular complexity index is 487. The molecule has 20 heavy (non-hydrogen) atoms. The lowest BCUT2D eigenvalue weighted by atomic mass is 10.1. The van der Waals surface area contributed by atoms with Crippen LogP contribution in [0.5, 0.6) is 0 Å². The molecule has 1 rings (SSSR count). The van der Waals surface area contributed by atoms with Crippen molar-refractivity contribution in [2.45, 2.75) is 46.0 Å². The van der Waals surface area contributed by atoms with Crippen molar-refractivity contribution in [3.8, 4) is 0 Å². The van der Waals surface area contributed by atoms with Crippen LogP contribution in [0.2, 0.25) is 10.0 Å². The predicted octanol–water partition coefficient (Wildman–Crippen LogP) is 4.80. The number of nitrogens with zero attached hydrogens (tertiary/aromatic N) is 1. The van der Waals surface area contributed by atoms with Gasteiger partial charge in [0.15, 0.2) is 0 Å². The average Bonchev–Trinajstić information content (AvgIpc) is 2.44. The summed E-state index contributed by atoms with van der Waals surface area (Å²) in [5.41, 5.74) is 4.10. The summed E-state index contributed by atoms with van der Waals surface area (Å²) in [6.07, 6.45) is 4.83. The molecule has 1 amide bonds. The molecule has 3 nitrogen and oxygen atoms in total. The molecule has 0 saturated carbocycles. The van der Waals surface area contributed by atoms with E-state index in [4.69, 9.17) is 23.2 Å². The number of hydrazone groups is 1. The number of rotatable bonds is 7. The van der Waals surface area contributed by atoms with Crippen molar-refractivity contribution in [1.82, 2.24) is 5.43 Å². The topological polar surface area (TPSA) is 41.5 Å². The fourth-order valence-corrected chi connectivity index (χ4v) is 2.00. The Kier molecular flexibility index (Phi) is 7.63. The zero-order valence-corrected chi connectivity index (χ0v) is 13.4. The highest BCUT2D eigenvalue weighted by Crippen LogP contribution is 2.22. The van der Waals surface area contributed by atoms with Gasteiger partial charge in [0.05, 0.1) is 15.8 Å². The second-order valence-electron chi connectivity index (χ2n) is 4.67. The van der Waals surface area contributed by atoms with E-state index >= 15 is 0 Å². The van der Waals surface area contributed by atoms with Crippen molar-refractivity contribution in [3.63, 3.8) is 0 Å². The smallest absolute Gasteiger partial charge is 0.240 e. The molecule has 1 aromatic rings. The number of carbonyl (C=O) groups is 1. The first kappa shape index (κ1) is 17.0. The van der Waals surface area contributed by atoms with Crippen LogP contribution in [0.1, 0.15) is 51.5 Å². The Morgan fingerprint density at radius 3 is 2.60 bits per heavy atom. The monoisotopic (exact) mass is 314 g/mol. The fourth-order valence-electron chi connectivity index (χ4n) is 1.70. The first-order chi connectivity index (χ1) is 9.54.